The first-order chi connectivity index (χ1) is 17.0. The molecule has 4 rings (SSSR count). The molecule has 1 aliphatic rings. The van der Waals surface area contributed by atoms with Crippen LogP contribution in [0.1, 0.15) is 61.5 Å². The zero-order chi connectivity index (χ0) is 24.8. The molecular formula is C29H36N4O2. The second kappa shape index (κ2) is 11.3. The molecule has 0 radical (unpaired) electrons. The van der Waals surface area contributed by atoms with Gasteiger partial charge >= 0.3 is 6.03 Å². The lowest BCUT2D eigenvalue weighted by Crippen LogP contribution is -2.50. The van der Waals surface area contributed by atoms with Gasteiger partial charge in [-0.25, -0.2) is 4.79 Å². The minimum Gasteiger partial charge on any atom is -0.348 e. The molecule has 2 aromatic carbocycles. The number of nitrogens with zero attached hydrogens (tertiary/aromatic N) is 3. The van der Waals surface area contributed by atoms with Crippen LogP contribution in [0.15, 0.2) is 72.9 Å². The molecule has 6 nitrogen and oxygen atoms in total. The number of hydrogen-bond donors (Lipinski definition) is 1. The Morgan fingerprint density at radius 1 is 1.00 bits per heavy atom. The Bertz CT molecular complexity index is 1120. The average molecular weight is 473 g/mol. The van der Waals surface area contributed by atoms with Crippen molar-refractivity contribution < 1.29 is 9.59 Å². The number of fused-ring (bicyclic) bond motifs is 1. The Morgan fingerprint density at radius 2 is 1.74 bits per heavy atom. The highest BCUT2D eigenvalue weighted by atomic mass is 16.2. The van der Waals surface area contributed by atoms with Crippen LogP contribution >= 0.6 is 0 Å². The SMILES string of the molecule is CCCN(CC(=O)N1CCn2cccc2C1c1ccc(C(C)C)cc1)C(=O)NCc1ccccc1. The summed E-state index contributed by atoms with van der Waals surface area (Å²) < 4.78 is 2.22. The lowest BCUT2D eigenvalue weighted by atomic mass is 9.95. The van der Waals surface area contributed by atoms with Crippen molar-refractivity contribution in [1.29, 1.82) is 0 Å². The van der Waals surface area contributed by atoms with Crippen LogP contribution in [0, 0.1) is 0 Å². The summed E-state index contributed by atoms with van der Waals surface area (Å²) in [4.78, 5) is 30.2. The van der Waals surface area contributed by atoms with Crippen LogP contribution in [0.25, 0.3) is 0 Å². The normalized spacial score (nSPS) is 15.1. The molecule has 184 valence electrons. The maximum Gasteiger partial charge on any atom is 0.318 e. The summed E-state index contributed by atoms with van der Waals surface area (Å²) in [5, 5.41) is 2.98. The fourth-order valence-electron chi connectivity index (χ4n) is 4.73. The van der Waals surface area contributed by atoms with Gasteiger partial charge in [0.25, 0.3) is 0 Å². The molecule has 35 heavy (non-hydrogen) atoms. The van der Waals surface area contributed by atoms with E-state index >= 15 is 0 Å². The molecule has 0 saturated heterocycles. The van der Waals surface area contributed by atoms with Gasteiger partial charge in [0.05, 0.1) is 6.04 Å². The lowest BCUT2D eigenvalue weighted by Gasteiger charge is -2.38. The molecule has 1 unspecified atom stereocenters. The summed E-state index contributed by atoms with van der Waals surface area (Å²) in [6.07, 6.45) is 2.86. The summed E-state index contributed by atoms with van der Waals surface area (Å²) >= 11 is 0. The van der Waals surface area contributed by atoms with E-state index in [1.54, 1.807) is 4.90 Å². The van der Waals surface area contributed by atoms with Crippen LogP contribution in [-0.2, 0) is 17.9 Å². The molecule has 0 saturated carbocycles. The topological polar surface area (TPSA) is 57.6 Å². The van der Waals surface area contributed by atoms with E-state index in [2.05, 4.69) is 60.3 Å². The maximum absolute atomic E-state index is 13.6. The van der Waals surface area contributed by atoms with Crippen LogP contribution in [0.2, 0.25) is 0 Å². The molecule has 1 N–H and O–H groups in total. The Kier molecular flexibility index (Phi) is 7.91. The van der Waals surface area contributed by atoms with E-state index < -0.39 is 0 Å². The minimum atomic E-state index is -0.206. The van der Waals surface area contributed by atoms with Crippen LogP contribution in [0.4, 0.5) is 4.79 Å². The smallest absolute Gasteiger partial charge is 0.318 e. The fourth-order valence-corrected chi connectivity index (χ4v) is 4.73. The summed E-state index contributed by atoms with van der Waals surface area (Å²) in [7, 11) is 0. The molecule has 0 fully saturated rings. The Labute approximate surface area is 208 Å². The van der Waals surface area contributed by atoms with Gasteiger partial charge < -0.3 is 19.7 Å². The molecule has 0 spiro atoms. The van der Waals surface area contributed by atoms with E-state index in [0.29, 0.717) is 25.6 Å². The molecule has 3 amide bonds. The van der Waals surface area contributed by atoms with E-state index in [1.807, 2.05) is 48.2 Å². The number of rotatable bonds is 8. The van der Waals surface area contributed by atoms with Gasteiger partial charge in [-0.1, -0.05) is 75.4 Å². The molecule has 1 aromatic heterocycles. The molecule has 1 aliphatic heterocycles. The third-order valence-corrected chi connectivity index (χ3v) is 6.67. The predicted molar refractivity (Wildman–Crippen MR) is 139 cm³/mol. The van der Waals surface area contributed by atoms with E-state index in [4.69, 9.17) is 0 Å². The highest BCUT2D eigenvalue weighted by Gasteiger charge is 2.33. The molecule has 6 heteroatoms. The quantitative estimate of drug-likeness (QED) is 0.492. The average Bonchev–Trinajstić information content (AvgIpc) is 3.36. The first kappa shape index (κ1) is 24.6. The van der Waals surface area contributed by atoms with Crippen molar-refractivity contribution in [1.82, 2.24) is 19.7 Å². The van der Waals surface area contributed by atoms with Gasteiger partial charge in [-0.05, 0) is 41.2 Å². The lowest BCUT2D eigenvalue weighted by molar-refractivity contribution is -0.134. The van der Waals surface area contributed by atoms with Gasteiger partial charge in [-0.15, -0.1) is 0 Å². The standard InChI is InChI=1S/C29H36N4O2/c1-4-16-32(29(35)30-20-23-9-6-5-7-10-23)21-27(34)33-19-18-31-17-8-11-26(31)28(33)25-14-12-24(13-15-25)22(2)3/h5-15,17,22,28H,4,16,18-21H2,1-3H3,(H,30,35). The summed E-state index contributed by atoms with van der Waals surface area (Å²) in [5.41, 5.74) is 4.52. The van der Waals surface area contributed by atoms with Crippen molar-refractivity contribution in [2.75, 3.05) is 19.6 Å². The summed E-state index contributed by atoms with van der Waals surface area (Å²) in [6.45, 7) is 8.79. The van der Waals surface area contributed by atoms with Crippen molar-refractivity contribution in [2.45, 2.75) is 52.2 Å². The van der Waals surface area contributed by atoms with Crippen LogP contribution in [-0.4, -0.2) is 45.9 Å². The third-order valence-electron chi connectivity index (χ3n) is 6.67. The van der Waals surface area contributed by atoms with Crippen molar-refractivity contribution >= 4 is 11.9 Å². The second-order valence-electron chi connectivity index (χ2n) is 9.50. The second-order valence-corrected chi connectivity index (χ2v) is 9.50. The van der Waals surface area contributed by atoms with Gasteiger partial charge in [0.2, 0.25) is 5.91 Å². The molecule has 0 bridgehead atoms. The number of amides is 3. The van der Waals surface area contributed by atoms with Gasteiger partial charge in [0, 0.05) is 38.1 Å². The molecule has 3 aromatic rings. The highest BCUT2D eigenvalue weighted by molar-refractivity contribution is 5.84. The number of carbonyl (C=O) groups is 2. The summed E-state index contributed by atoms with van der Waals surface area (Å²) in [6, 6.07) is 22.2. The highest BCUT2D eigenvalue weighted by Crippen LogP contribution is 2.33. The monoisotopic (exact) mass is 472 g/mol. The first-order valence-corrected chi connectivity index (χ1v) is 12.6. The Morgan fingerprint density at radius 3 is 2.43 bits per heavy atom. The van der Waals surface area contributed by atoms with Crippen LogP contribution < -0.4 is 5.32 Å². The van der Waals surface area contributed by atoms with Crippen molar-refractivity contribution in [3.63, 3.8) is 0 Å². The van der Waals surface area contributed by atoms with Gasteiger partial charge in [0.1, 0.15) is 6.54 Å². The molecule has 0 aliphatic carbocycles. The van der Waals surface area contributed by atoms with Gasteiger partial charge in [-0.2, -0.15) is 0 Å². The zero-order valence-corrected chi connectivity index (χ0v) is 21.0. The number of carbonyl (C=O) groups excluding carboxylic acids is 2. The van der Waals surface area contributed by atoms with Crippen molar-refractivity contribution in [3.05, 3.63) is 95.3 Å². The zero-order valence-electron chi connectivity index (χ0n) is 21.0. The number of aromatic nitrogens is 1. The van der Waals surface area contributed by atoms with E-state index in [9.17, 15) is 9.59 Å². The Hall–Kier alpha value is -3.54. The molecule has 2 heterocycles. The fraction of sp³-hybridized carbons (Fsp3) is 0.379. The van der Waals surface area contributed by atoms with Crippen LogP contribution in [0.3, 0.4) is 0 Å². The number of urea groups is 1. The minimum absolute atomic E-state index is 0.0290. The van der Waals surface area contributed by atoms with E-state index in [0.717, 1.165) is 29.8 Å². The van der Waals surface area contributed by atoms with Crippen molar-refractivity contribution in [3.8, 4) is 0 Å². The van der Waals surface area contributed by atoms with Crippen LogP contribution in [0.5, 0.6) is 0 Å². The third kappa shape index (κ3) is 5.76. The number of nitrogens with one attached hydrogen (secondary N) is 1. The largest absolute Gasteiger partial charge is 0.348 e. The van der Waals surface area contributed by atoms with Crippen molar-refractivity contribution in [2.24, 2.45) is 0 Å². The van der Waals surface area contributed by atoms with Gasteiger partial charge in [0.15, 0.2) is 0 Å². The number of benzene rings is 2. The maximum atomic E-state index is 13.6. The van der Waals surface area contributed by atoms with E-state index in [1.165, 1.54) is 5.56 Å². The number of hydrogen-bond acceptors (Lipinski definition) is 2. The Balaban J connectivity index is 1.51. The molecular weight excluding hydrogens is 436 g/mol. The predicted octanol–water partition coefficient (Wildman–Crippen LogP) is 5.16. The first-order valence-electron chi connectivity index (χ1n) is 12.6. The molecule has 1 atom stereocenters. The van der Waals surface area contributed by atoms with E-state index in [-0.39, 0.29) is 24.5 Å². The van der Waals surface area contributed by atoms with Gasteiger partial charge in [-0.3, -0.25) is 4.79 Å². The summed E-state index contributed by atoms with van der Waals surface area (Å²) in [5.74, 6) is 0.424.